The summed E-state index contributed by atoms with van der Waals surface area (Å²) < 4.78 is 10.6. The van der Waals surface area contributed by atoms with Crippen LogP contribution in [-0.4, -0.2) is 75.2 Å². The SMILES string of the molecule is COc1ccc(/C=C/C(=O)NC2CCCN(C3CCN(C)CC3)C2)cc1OC. The minimum absolute atomic E-state index is 0.0370. The quantitative estimate of drug-likeness (QED) is 0.760. The number of rotatable bonds is 6. The van der Waals surface area contributed by atoms with Crippen LogP contribution >= 0.6 is 0 Å². The molecule has 2 aliphatic rings. The molecule has 0 saturated carbocycles. The highest BCUT2D eigenvalue weighted by molar-refractivity contribution is 5.92. The van der Waals surface area contributed by atoms with Crippen molar-refractivity contribution in [3.8, 4) is 11.5 Å². The van der Waals surface area contributed by atoms with E-state index in [1.165, 1.54) is 25.9 Å². The molecule has 1 N–H and O–H groups in total. The Bertz CT molecular complexity index is 684. The molecule has 1 atom stereocenters. The molecular formula is C22H33N3O3. The average Bonchev–Trinajstić information content (AvgIpc) is 2.72. The monoisotopic (exact) mass is 387 g/mol. The lowest BCUT2D eigenvalue weighted by atomic mass is 9.98. The first-order chi connectivity index (χ1) is 13.6. The van der Waals surface area contributed by atoms with Gasteiger partial charge >= 0.3 is 0 Å². The predicted octanol–water partition coefficient (Wildman–Crippen LogP) is 2.39. The Morgan fingerprint density at radius 2 is 1.86 bits per heavy atom. The Morgan fingerprint density at radius 3 is 2.57 bits per heavy atom. The standard InChI is InChI=1S/C22H33N3O3/c1-24-13-10-19(11-14-24)25-12-4-5-18(16-25)23-22(26)9-7-17-6-8-20(27-2)21(15-17)28-3/h6-9,15,18-19H,4-5,10-14,16H2,1-3H3,(H,23,26)/b9-7+. The number of nitrogens with one attached hydrogen (secondary N) is 1. The summed E-state index contributed by atoms with van der Waals surface area (Å²) in [6.45, 7) is 4.46. The van der Waals surface area contributed by atoms with Crippen molar-refractivity contribution in [1.29, 1.82) is 0 Å². The highest BCUT2D eigenvalue weighted by Crippen LogP contribution is 2.28. The van der Waals surface area contributed by atoms with Gasteiger partial charge in [-0.2, -0.15) is 0 Å². The van der Waals surface area contributed by atoms with Gasteiger partial charge in [0.25, 0.3) is 0 Å². The van der Waals surface area contributed by atoms with Crippen molar-refractivity contribution >= 4 is 12.0 Å². The van der Waals surface area contributed by atoms with Gasteiger partial charge in [-0.05, 0) is 76.1 Å². The summed E-state index contributed by atoms with van der Waals surface area (Å²) in [7, 11) is 5.41. The first-order valence-corrected chi connectivity index (χ1v) is 10.2. The second-order valence-electron chi connectivity index (χ2n) is 7.82. The zero-order valence-corrected chi connectivity index (χ0v) is 17.3. The zero-order chi connectivity index (χ0) is 19.9. The van der Waals surface area contributed by atoms with Crippen molar-refractivity contribution < 1.29 is 14.3 Å². The lowest BCUT2D eigenvalue weighted by Crippen LogP contribution is -2.53. The number of amides is 1. The van der Waals surface area contributed by atoms with E-state index in [0.29, 0.717) is 17.5 Å². The molecule has 1 aromatic carbocycles. The molecule has 0 aromatic heterocycles. The normalized spacial score (nSPS) is 22.3. The fraction of sp³-hybridized carbons (Fsp3) is 0.591. The fourth-order valence-corrected chi connectivity index (χ4v) is 4.19. The molecule has 6 heteroatoms. The van der Waals surface area contributed by atoms with E-state index in [1.54, 1.807) is 20.3 Å². The lowest BCUT2D eigenvalue weighted by Gasteiger charge is -2.41. The number of hydrogen-bond acceptors (Lipinski definition) is 5. The van der Waals surface area contributed by atoms with E-state index in [9.17, 15) is 4.79 Å². The molecule has 2 aliphatic heterocycles. The smallest absolute Gasteiger partial charge is 0.244 e. The first-order valence-electron chi connectivity index (χ1n) is 10.2. The molecule has 2 fully saturated rings. The number of methoxy groups -OCH3 is 2. The van der Waals surface area contributed by atoms with Gasteiger partial charge in [0.1, 0.15) is 0 Å². The maximum absolute atomic E-state index is 12.4. The third kappa shape index (κ3) is 5.49. The molecule has 2 saturated heterocycles. The minimum atomic E-state index is -0.0370. The van der Waals surface area contributed by atoms with Crippen molar-refractivity contribution in [2.24, 2.45) is 0 Å². The molecule has 154 valence electrons. The molecule has 2 heterocycles. The molecule has 1 unspecified atom stereocenters. The molecule has 0 aliphatic carbocycles. The van der Waals surface area contributed by atoms with E-state index in [4.69, 9.17) is 9.47 Å². The maximum Gasteiger partial charge on any atom is 0.244 e. The van der Waals surface area contributed by atoms with Gasteiger partial charge in [-0.3, -0.25) is 9.69 Å². The van der Waals surface area contributed by atoms with Crippen LogP contribution in [0.25, 0.3) is 6.08 Å². The van der Waals surface area contributed by atoms with Crippen LogP contribution in [0.15, 0.2) is 24.3 Å². The predicted molar refractivity (Wildman–Crippen MR) is 112 cm³/mol. The van der Waals surface area contributed by atoms with Crippen LogP contribution in [-0.2, 0) is 4.79 Å². The van der Waals surface area contributed by atoms with Crippen molar-refractivity contribution in [2.45, 2.75) is 37.8 Å². The van der Waals surface area contributed by atoms with E-state index in [-0.39, 0.29) is 11.9 Å². The summed E-state index contributed by atoms with van der Waals surface area (Å²) in [5.74, 6) is 1.30. The van der Waals surface area contributed by atoms with Gasteiger partial charge in [0, 0.05) is 24.7 Å². The van der Waals surface area contributed by atoms with Gasteiger partial charge < -0.3 is 19.7 Å². The number of ether oxygens (including phenoxy) is 2. The van der Waals surface area contributed by atoms with Gasteiger partial charge in [0.2, 0.25) is 5.91 Å². The molecule has 1 amide bonds. The molecule has 3 rings (SSSR count). The third-order valence-electron chi connectivity index (χ3n) is 5.84. The highest BCUT2D eigenvalue weighted by atomic mass is 16.5. The van der Waals surface area contributed by atoms with Crippen LogP contribution in [0.2, 0.25) is 0 Å². The number of nitrogens with zero attached hydrogens (tertiary/aromatic N) is 2. The minimum Gasteiger partial charge on any atom is -0.493 e. The molecule has 1 aromatic rings. The zero-order valence-electron chi connectivity index (χ0n) is 17.3. The molecular weight excluding hydrogens is 354 g/mol. The summed E-state index contributed by atoms with van der Waals surface area (Å²) in [5.41, 5.74) is 0.907. The second kappa shape index (κ2) is 9.94. The topological polar surface area (TPSA) is 54.0 Å². The Morgan fingerprint density at radius 1 is 1.11 bits per heavy atom. The number of carbonyl (C=O) groups excluding carboxylic acids is 1. The van der Waals surface area contributed by atoms with Gasteiger partial charge in [-0.25, -0.2) is 0 Å². The fourth-order valence-electron chi connectivity index (χ4n) is 4.19. The van der Waals surface area contributed by atoms with E-state index >= 15 is 0 Å². The Kier molecular flexibility index (Phi) is 7.34. The van der Waals surface area contributed by atoms with Gasteiger partial charge in [0.05, 0.1) is 14.2 Å². The van der Waals surface area contributed by atoms with Crippen molar-refractivity contribution in [3.63, 3.8) is 0 Å². The van der Waals surface area contributed by atoms with Crippen LogP contribution in [0.5, 0.6) is 11.5 Å². The second-order valence-corrected chi connectivity index (χ2v) is 7.82. The van der Waals surface area contributed by atoms with Crippen LogP contribution in [0, 0.1) is 0 Å². The number of benzene rings is 1. The maximum atomic E-state index is 12.4. The van der Waals surface area contributed by atoms with Crippen LogP contribution in [0.3, 0.4) is 0 Å². The number of hydrogen-bond donors (Lipinski definition) is 1. The Hall–Kier alpha value is -2.05. The largest absolute Gasteiger partial charge is 0.493 e. The number of carbonyl (C=O) groups is 1. The van der Waals surface area contributed by atoms with E-state index < -0.39 is 0 Å². The number of piperidine rings is 2. The molecule has 0 spiro atoms. The van der Waals surface area contributed by atoms with Crippen molar-refractivity contribution in [3.05, 3.63) is 29.8 Å². The Balaban J connectivity index is 1.52. The van der Waals surface area contributed by atoms with E-state index in [1.807, 2.05) is 24.3 Å². The van der Waals surface area contributed by atoms with Gasteiger partial charge in [-0.1, -0.05) is 6.07 Å². The van der Waals surface area contributed by atoms with Crippen molar-refractivity contribution in [2.75, 3.05) is 47.4 Å². The van der Waals surface area contributed by atoms with Crippen LogP contribution in [0.1, 0.15) is 31.2 Å². The first kappa shape index (κ1) is 20.7. The summed E-state index contributed by atoms with van der Waals surface area (Å²) in [6, 6.07) is 6.52. The highest BCUT2D eigenvalue weighted by Gasteiger charge is 2.28. The molecule has 6 nitrogen and oxygen atoms in total. The Labute approximate surface area is 168 Å². The number of likely N-dealkylation sites (tertiary alicyclic amines) is 2. The summed E-state index contributed by atoms with van der Waals surface area (Å²) >= 11 is 0. The molecule has 28 heavy (non-hydrogen) atoms. The van der Waals surface area contributed by atoms with E-state index in [2.05, 4.69) is 22.2 Å². The summed E-state index contributed by atoms with van der Waals surface area (Å²) in [4.78, 5) is 17.4. The van der Waals surface area contributed by atoms with Crippen LogP contribution < -0.4 is 14.8 Å². The molecule has 0 radical (unpaired) electrons. The lowest BCUT2D eigenvalue weighted by molar-refractivity contribution is -0.117. The van der Waals surface area contributed by atoms with Crippen LogP contribution in [0.4, 0.5) is 0 Å². The van der Waals surface area contributed by atoms with E-state index in [0.717, 1.165) is 31.5 Å². The van der Waals surface area contributed by atoms with Gasteiger partial charge in [0.15, 0.2) is 11.5 Å². The van der Waals surface area contributed by atoms with Crippen molar-refractivity contribution in [1.82, 2.24) is 15.1 Å². The van der Waals surface area contributed by atoms with Gasteiger partial charge in [-0.15, -0.1) is 0 Å². The third-order valence-corrected chi connectivity index (χ3v) is 5.84. The average molecular weight is 388 g/mol. The molecule has 0 bridgehead atoms. The summed E-state index contributed by atoms with van der Waals surface area (Å²) in [6.07, 6.45) is 8.09. The summed E-state index contributed by atoms with van der Waals surface area (Å²) in [5, 5.41) is 3.18.